The van der Waals surface area contributed by atoms with Gasteiger partial charge in [-0.15, -0.1) is 0 Å². The average molecular weight is 341 g/mol. The van der Waals surface area contributed by atoms with E-state index < -0.39 is 5.54 Å². The van der Waals surface area contributed by atoms with Crippen molar-refractivity contribution in [2.24, 2.45) is 5.73 Å². The molecule has 4 N–H and O–H groups in total. The van der Waals surface area contributed by atoms with Gasteiger partial charge in [-0.25, -0.2) is 0 Å². The summed E-state index contributed by atoms with van der Waals surface area (Å²) in [7, 11) is 0. The van der Waals surface area contributed by atoms with Crippen LogP contribution in [-0.4, -0.2) is 30.4 Å². The first-order valence-corrected chi connectivity index (χ1v) is 8.78. The quantitative estimate of drug-likeness (QED) is 0.688. The van der Waals surface area contributed by atoms with Gasteiger partial charge >= 0.3 is 0 Å². The molecule has 0 aliphatic carbocycles. The highest BCUT2D eigenvalue weighted by Gasteiger charge is 2.26. The molecule has 0 heterocycles. The lowest BCUT2D eigenvalue weighted by atomic mass is 9.93. The summed E-state index contributed by atoms with van der Waals surface area (Å²) in [6.07, 6.45) is 1.77. The van der Waals surface area contributed by atoms with E-state index >= 15 is 0 Å². The molecule has 134 valence electrons. The lowest BCUT2D eigenvalue weighted by molar-refractivity contribution is -0.126. The molecular weight excluding hydrogens is 314 g/mol. The molecule has 5 nitrogen and oxygen atoms in total. The van der Waals surface area contributed by atoms with E-state index in [-0.39, 0.29) is 24.8 Å². The third-order valence-electron chi connectivity index (χ3n) is 4.83. The van der Waals surface area contributed by atoms with Crippen LogP contribution in [0.25, 0.3) is 10.8 Å². The number of hydrogen-bond donors (Lipinski definition) is 3. The van der Waals surface area contributed by atoms with Crippen LogP contribution in [0, 0.1) is 0 Å². The Morgan fingerprint density at radius 2 is 1.68 bits per heavy atom. The van der Waals surface area contributed by atoms with Crippen LogP contribution < -0.4 is 16.4 Å². The van der Waals surface area contributed by atoms with Gasteiger partial charge in [0.2, 0.25) is 11.8 Å². The normalized spacial score (nSPS) is 11.3. The Balaban J connectivity index is 1.93. The van der Waals surface area contributed by atoms with Crippen LogP contribution in [0.5, 0.6) is 0 Å². The Bertz CT molecular complexity index is 725. The van der Waals surface area contributed by atoms with Crippen LogP contribution in [0.1, 0.15) is 32.3 Å². The molecule has 5 heteroatoms. The summed E-state index contributed by atoms with van der Waals surface area (Å²) in [6, 6.07) is 13.9. The Morgan fingerprint density at radius 3 is 2.36 bits per heavy atom. The van der Waals surface area contributed by atoms with Gasteiger partial charge in [0.05, 0.1) is 18.5 Å². The average Bonchev–Trinajstić information content (AvgIpc) is 2.65. The minimum Gasteiger partial charge on any atom is -0.348 e. The van der Waals surface area contributed by atoms with E-state index in [2.05, 4.69) is 10.6 Å². The molecule has 0 bridgehead atoms. The van der Waals surface area contributed by atoms with Crippen molar-refractivity contribution in [2.75, 3.05) is 13.1 Å². The van der Waals surface area contributed by atoms with E-state index in [1.807, 2.05) is 56.3 Å². The van der Waals surface area contributed by atoms with Gasteiger partial charge in [0.25, 0.3) is 0 Å². The van der Waals surface area contributed by atoms with Crippen LogP contribution in [0.15, 0.2) is 42.5 Å². The van der Waals surface area contributed by atoms with Gasteiger partial charge in [-0.3, -0.25) is 9.59 Å². The second kappa shape index (κ2) is 8.62. The van der Waals surface area contributed by atoms with E-state index in [1.165, 1.54) is 0 Å². The molecule has 2 aromatic rings. The molecule has 0 aliphatic rings. The van der Waals surface area contributed by atoms with Crippen LogP contribution in [-0.2, 0) is 16.0 Å². The van der Waals surface area contributed by atoms with Crippen LogP contribution in [0.3, 0.4) is 0 Å². The van der Waals surface area contributed by atoms with Crippen molar-refractivity contribution in [1.82, 2.24) is 10.6 Å². The number of fused-ring (bicyclic) bond motifs is 1. The molecule has 2 amide bonds. The fraction of sp³-hybridized carbons (Fsp3) is 0.400. The van der Waals surface area contributed by atoms with Gasteiger partial charge in [-0.05, 0) is 29.2 Å². The molecule has 0 aromatic heterocycles. The number of hydrogen-bond acceptors (Lipinski definition) is 3. The maximum atomic E-state index is 12.2. The van der Waals surface area contributed by atoms with Crippen molar-refractivity contribution in [3.63, 3.8) is 0 Å². The number of carbonyl (C=O) groups excluding carboxylic acids is 2. The molecule has 2 aromatic carbocycles. The predicted molar refractivity (Wildman–Crippen MR) is 101 cm³/mol. The Labute approximate surface area is 149 Å². The van der Waals surface area contributed by atoms with Crippen LogP contribution in [0.2, 0.25) is 0 Å². The third kappa shape index (κ3) is 4.79. The highest BCUT2D eigenvalue weighted by atomic mass is 16.2. The first-order valence-electron chi connectivity index (χ1n) is 8.78. The Morgan fingerprint density at radius 1 is 1.00 bits per heavy atom. The van der Waals surface area contributed by atoms with Gasteiger partial charge < -0.3 is 16.4 Å². The molecule has 0 radical (unpaired) electrons. The van der Waals surface area contributed by atoms with Gasteiger partial charge in [0, 0.05) is 6.54 Å². The van der Waals surface area contributed by atoms with E-state index in [9.17, 15) is 9.59 Å². The molecule has 25 heavy (non-hydrogen) atoms. The lowest BCUT2D eigenvalue weighted by Crippen LogP contribution is -2.55. The number of nitrogens with two attached hydrogens (primary N) is 1. The zero-order valence-corrected chi connectivity index (χ0v) is 15.0. The molecule has 0 saturated carbocycles. The highest BCUT2D eigenvalue weighted by molar-refractivity contribution is 5.91. The first kappa shape index (κ1) is 18.9. The Hall–Kier alpha value is -2.40. The summed E-state index contributed by atoms with van der Waals surface area (Å²) in [4.78, 5) is 24.3. The number of rotatable bonds is 8. The molecule has 0 spiro atoms. The summed E-state index contributed by atoms with van der Waals surface area (Å²) in [5.41, 5.74) is 6.35. The molecule has 0 atom stereocenters. The zero-order valence-electron chi connectivity index (χ0n) is 15.0. The topological polar surface area (TPSA) is 84.2 Å². The second-order valence-corrected chi connectivity index (χ2v) is 6.33. The van der Waals surface area contributed by atoms with Crippen molar-refractivity contribution in [3.8, 4) is 0 Å². The largest absolute Gasteiger partial charge is 0.348 e. The Kier molecular flexibility index (Phi) is 6.53. The maximum Gasteiger partial charge on any atom is 0.239 e. The van der Waals surface area contributed by atoms with Gasteiger partial charge in [-0.2, -0.15) is 0 Å². The van der Waals surface area contributed by atoms with Crippen molar-refractivity contribution in [2.45, 2.75) is 38.6 Å². The highest BCUT2D eigenvalue weighted by Crippen LogP contribution is 2.18. The lowest BCUT2D eigenvalue weighted by Gasteiger charge is -2.31. The van der Waals surface area contributed by atoms with Crippen molar-refractivity contribution >= 4 is 22.6 Å². The summed E-state index contributed by atoms with van der Waals surface area (Å²) < 4.78 is 0. The smallest absolute Gasteiger partial charge is 0.239 e. The van der Waals surface area contributed by atoms with Gasteiger partial charge in [-0.1, -0.05) is 56.3 Å². The molecular formula is C20H27N3O2. The van der Waals surface area contributed by atoms with Gasteiger partial charge in [0.15, 0.2) is 0 Å². The maximum absolute atomic E-state index is 12.2. The van der Waals surface area contributed by atoms with Crippen molar-refractivity contribution in [3.05, 3.63) is 48.0 Å². The molecule has 0 unspecified atom stereocenters. The monoisotopic (exact) mass is 341 g/mol. The zero-order chi connectivity index (χ0) is 18.3. The molecule has 0 aliphatic heterocycles. The standard InChI is InChI=1S/C20H27N3O2/c1-3-20(4-2,14-21)23-19(25)13-22-18(24)12-16-10-7-9-15-8-5-6-11-17(15)16/h5-11H,3-4,12-14,21H2,1-2H3,(H,22,24)(H,23,25). The van der Waals surface area contributed by atoms with Crippen molar-refractivity contribution < 1.29 is 9.59 Å². The summed E-state index contributed by atoms with van der Waals surface area (Å²) >= 11 is 0. The predicted octanol–water partition coefficient (Wildman–Crippen LogP) is 2.13. The minimum absolute atomic E-state index is 0.0364. The van der Waals surface area contributed by atoms with Crippen LogP contribution in [0.4, 0.5) is 0 Å². The van der Waals surface area contributed by atoms with Crippen LogP contribution >= 0.6 is 0 Å². The number of benzene rings is 2. The SMILES string of the molecule is CCC(CC)(CN)NC(=O)CNC(=O)Cc1cccc2ccccc12. The number of nitrogens with one attached hydrogen (secondary N) is 2. The second-order valence-electron chi connectivity index (χ2n) is 6.33. The molecule has 0 saturated heterocycles. The number of carbonyl (C=O) groups is 2. The summed E-state index contributed by atoms with van der Waals surface area (Å²) in [5, 5.41) is 7.81. The van der Waals surface area contributed by atoms with E-state index in [0.29, 0.717) is 6.54 Å². The summed E-state index contributed by atoms with van der Waals surface area (Å²) in [5.74, 6) is -0.377. The minimum atomic E-state index is -0.391. The number of amides is 2. The third-order valence-corrected chi connectivity index (χ3v) is 4.83. The molecule has 2 rings (SSSR count). The first-order chi connectivity index (χ1) is 12.0. The molecule has 0 fully saturated rings. The van der Waals surface area contributed by atoms with E-state index in [0.717, 1.165) is 29.2 Å². The fourth-order valence-corrected chi connectivity index (χ4v) is 2.97. The fourth-order valence-electron chi connectivity index (χ4n) is 2.97. The summed E-state index contributed by atoms with van der Waals surface area (Å²) in [6.45, 7) is 4.34. The van der Waals surface area contributed by atoms with Crippen molar-refractivity contribution in [1.29, 1.82) is 0 Å². The van der Waals surface area contributed by atoms with Gasteiger partial charge in [0.1, 0.15) is 0 Å². The van der Waals surface area contributed by atoms with E-state index in [4.69, 9.17) is 5.73 Å². The van der Waals surface area contributed by atoms with E-state index in [1.54, 1.807) is 0 Å².